The van der Waals surface area contributed by atoms with Crippen LogP contribution in [0.2, 0.25) is 0 Å². The molecule has 2 atom stereocenters. The van der Waals surface area contributed by atoms with E-state index in [2.05, 4.69) is 9.97 Å². The average molecular weight is 250 g/mol. The first kappa shape index (κ1) is 11.2. The third-order valence-corrected chi connectivity index (χ3v) is 3.26. The molecule has 1 fully saturated rings. The van der Waals surface area contributed by atoms with Crippen LogP contribution in [0.1, 0.15) is 12.5 Å². The minimum absolute atomic E-state index is 0.00581. The predicted octanol–water partition coefficient (Wildman–Crippen LogP) is -0.371. The molecule has 2 aromatic rings. The quantitative estimate of drug-likeness (QED) is 0.674. The fourth-order valence-corrected chi connectivity index (χ4v) is 2.36. The van der Waals surface area contributed by atoms with Crippen LogP contribution in [0.4, 0.5) is 5.95 Å². The molecule has 0 aliphatic carbocycles. The molecular formula is C11H14N4O3. The van der Waals surface area contributed by atoms with E-state index in [0.29, 0.717) is 24.1 Å². The summed E-state index contributed by atoms with van der Waals surface area (Å²) in [4.78, 5) is 18.3. The fourth-order valence-electron chi connectivity index (χ4n) is 2.36. The summed E-state index contributed by atoms with van der Waals surface area (Å²) < 4.78 is 7.32. The Balaban J connectivity index is 2.05. The minimum atomic E-state index is -0.242. The number of hydrogen-bond donors (Lipinski definition) is 3. The second-order valence-corrected chi connectivity index (χ2v) is 4.44. The summed E-state index contributed by atoms with van der Waals surface area (Å²) >= 11 is 0. The van der Waals surface area contributed by atoms with Crippen LogP contribution in [0.5, 0.6) is 0 Å². The third-order valence-electron chi connectivity index (χ3n) is 3.26. The summed E-state index contributed by atoms with van der Waals surface area (Å²) in [6.45, 7) is 0.509. The number of aromatic nitrogens is 3. The van der Waals surface area contributed by atoms with Crippen LogP contribution in [0.25, 0.3) is 11.0 Å². The molecule has 0 unspecified atom stereocenters. The first-order chi connectivity index (χ1) is 8.69. The van der Waals surface area contributed by atoms with E-state index in [-0.39, 0.29) is 30.3 Å². The van der Waals surface area contributed by atoms with E-state index in [4.69, 9.17) is 15.6 Å². The molecule has 18 heavy (non-hydrogen) atoms. The number of anilines is 1. The molecule has 2 aromatic heterocycles. The van der Waals surface area contributed by atoms with Crippen LogP contribution in [0.3, 0.4) is 0 Å². The lowest BCUT2D eigenvalue weighted by atomic mass is 10.2. The van der Waals surface area contributed by atoms with E-state index < -0.39 is 0 Å². The Morgan fingerprint density at radius 3 is 3.22 bits per heavy atom. The molecule has 4 N–H and O–H groups in total. The summed E-state index contributed by atoms with van der Waals surface area (Å²) in [6, 6.07) is 1.79. The molecule has 0 radical (unpaired) electrons. The first-order valence-corrected chi connectivity index (χ1v) is 5.78. The molecule has 0 amide bonds. The van der Waals surface area contributed by atoms with Crippen molar-refractivity contribution >= 4 is 17.0 Å². The van der Waals surface area contributed by atoms with Gasteiger partial charge in [-0.3, -0.25) is 9.78 Å². The lowest BCUT2D eigenvalue weighted by molar-refractivity contribution is 0.0576. The van der Waals surface area contributed by atoms with Gasteiger partial charge in [-0.15, -0.1) is 0 Å². The van der Waals surface area contributed by atoms with Gasteiger partial charge in [-0.25, -0.2) is 0 Å². The number of nitrogens with one attached hydrogen (secondary N) is 1. The highest BCUT2D eigenvalue weighted by atomic mass is 16.5. The number of nitrogens with zero attached hydrogens (tertiary/aromatic N) is 2. The van der Waals surface area contributed by atoms with Crippen molar-refractivity contribution in [2.45, 2.75) is 18.6 Å². The standard InChI is InChI=1S/C11H14N4O3/c12-11-13-9-8(10(17)14-11)1-2-15(9)6-3-7(4-16)18-5-6/h1-2,6-7,16H,3-5H2,(H3,12,13,14,17)/t6-,7-/m1/s1. The van der Waals surface area contributed by atoms with E-state index >= 15 is 0 Å². The van der Waals surface area contributed by atoms with Crippen molar-refractivity contribution in [2.75, 3.05) is 18.9 Å². The van der Waals surface area contributed by atoms with Gasteiger partial charge < -0.3 is 20.1 Å². The van der Waals surface area contributed by atoms with Crippen molar-refractivity contribution in [3.05, 3.63) is 22.6 Å². The molecule has 96 valence electrons. The van der Waals surface area contributed by atoms with Crippen molar-refractivity contribution in [3.8, 4) is 0 Å². The van der Waals surface area contributed by atoms with E-state index in [9.17, 15) is 4.79 Å². The maximum Gasteiger partial charge on any atom is 0.261 e. The molecule has 7 nitrogen and oxygen atoms in total. The Labute approximate surface area is 102 Å². The maximum atomic E-state index is 11.7. The van der Waals surface area contributed by atoms with E-state index in [0.717, 1.165) is 0 Å². The molecule has 3 heterocycles. The maximum absolute atomic E-state index is 11.7. The Hall–Kier alpha value is -1.86. The molecule has 0 bridgehead atoms. The highest BCUT2D eigenvalue weighted by molar-refractivity contribution is 5.76. The zero-order chi connectivity index (χ0) is 12.7. The van der Waals surface area contributed by atoms with Crippen LogP contribution in [-0.4, -0.2) is 39.0 Å². The molecule has 0 saturated carbocycles. The molecule has 1 aliphatic heterocycles. The Morgan fingerprint density at radius 2 is 2.50 bits per heavy atom. The van der Waals surface area contributed by atoms with Crippen LogP contribution in [-0.2, 0) is 4.74 Å². The summed E-state index contributed by atoms with van der Waals surface area (Å²) in [6.07, 6.45) is 2.36. The van der Waals surface area contributed by atoms with Crippen molar-refractivity contribution in [2.24, 2.45) is 0 Å². The number of rotatable bonds is 2. The summed E-state index contributed by atoms with van der Waals surface area (Å²) in [5.74, 6) is 0.102. The smallest absolute Gasteiger partial charge is 0.261 e. The second-order valence-electron chi connectivity index (χ2n) is 4.44. The van der Waals surface area contributed by atoms with Gasteiger partial charge in [0.15, 0.2) is 0 Å². The second kappa shape index (κ2) is 4.11. The van der Waals surface area contributed by atoms with Gasteiger partial charge in [0.25, 0.3) is 5.56 Å². The van der Waals surface area contributed by atoms with Crippen molar-refractivity contribution in [3.63, 3.8) is 0 Å². The van der Waals surface area contributed by atoms with Crippen LogP contribution in [0.15, 0.2) is 17.1 Å². The number of aliphatic hydroxyl groups is 1. The van der Waals surface area contributed by atoms with Gasteiger partial charge in [0.05, 0.1) is 30.7 Å². The number of nitrogen functional groups attached to an aromatic ring is 1. The lowest BCUT2D eigenvalue weighted by Gasteiger charge is -2.11. The van der Waals surface area contributed by atoms with Crippen LogP contribution in [0, 0.1) is 0 Å². The molecule has 3 rings (SSSR count). The van der Waals surface area contributed by atoms with E-state index in [1.165, 1.54) is 0 Å². The average Bonchev–Trinajstić information content (AvgIpc) is 2.93. The van der Waals surface area contributed by atoms with Crippen molar-refractivity contribution < 1.29 is 9.84 Å². The summed E-state index contributed by atoms with van der Waals surface area (Å²) in [7, 11) is 0. The number of fused-ring (bicyclic) bond motifs is 1. The normalized spacial score (nSPS) is 23.8. The fraction of sp³-hybridized carbons (Fsp3) is 0.455. The Kier molecular flexibility index (Phi) is 2.57. The largest absolute Gasteiger partial charge is 0.394 e. The molecule has 0 spiro atoms. The van der Waals surface area contributed by atoms with Gasteiger partial charge >= 0.3 is 0 Å². The number of hydrogen-bond acceptors (Lipinski definition) is 5. The summed E-state index contributed by atoms with van der Waals surface area (Å²) in [5.41, 5.74) is 5.87. The van der Waals surface area contributed by atoms with E-state index in [1.807, 2.05) is 4.57 Å². The molecule has 1 saturated heterocycles. The predicted molar refractivity (Wildman–Crippen MR) is 65.2 cm³/mol. The number of aromatic amines is 1. The number of ether oxygens (including phenoxy) is 1. The van der Waals surface area contributed by atoms with Gasteiger partial charge in [0.2, 0.25) is 5.95 Å². The number of aliphatic hydroxyl groups excluding tert-OH is 1. The van der Waals surface area contributed by atoms with Crippen LogP contribution < -0.4 is 11.3 Å². The minimum Gasteiger partial charge on any atom is -0.394 e. The van der Waals surface area contributed by atoms with Gasteiger partial charge in [-0.2, -0.15) is 4.98 Å². The van der Waals surface area contributed by atoms with Gasteiger partial charge in [-0.1, -0.05) is 0 Å². The SMILES string of the molecule is Nc1nc2c(ccn2[C@H]2CO[C@@H](CO)C2)c(=O)[nH]1. The highest BCUT2D eigenvalue weighted by Gasteiger charge is 2.27. The number of nitrogens with two attached hydrogens (primary N) is 1. The highest BCUT2D eigenvalue weighted by Crippen LogP contribution is 2.27. The molecule has 7 heteroatoms. The molecule has 0 aromatic carbocycles. The Morgan fingerprint density at radius 1 is 1.67 bits per heavy atom. The van der Waals surface area contributed by atoms with Gasteiger partial charge in [0, 0.05) is 6.20 Å². The summed E-state index contributed by atoms with van der Waals surface area (Å²) in [5, 5.41) is 9.57. The third kappa shape index (κ3) is 1.68. The molecular weight excluding hydrogens is 236 g/mol. The topological polar surface area (TPSA) is 106 Å². The first-order valence-electron chi connectivity index (χ1n) is 5.78. The number of H-pyrrole nitrogens is 1. The monoisotopic (exact) mass is 250 g/mol. The zero-order valence-electron chi connectivity index (χ0n) is 9.67. The lowest BCUT2D eigenvalue weighted by Crippen LogP contribution is -2.14. The van der Waals surface area contributed by atoms with Crippen molar-refractivity contribution in [1.82, 2.24) is 14.5 Å². The van der Waals surface area contributed by atoms with Crippen LogP contribution >= 0.6 is 0 Å². The van der Waals surface area contributed by atoms with Gasteiger partial charge in [-0.05, 0) is 12.5 Å². The molecule has 1 aliphatic rings. The van der Waals surface area contributed by atoms with E-state index in [1.54, 1.807) is 12.3 Å². The van der Waals surface area contributed by atoms with Crippen molar-refractivity contribution in [1.29, 1.82) is 0 Å². The Bertz CT molecular complexity index is 633. The zero-order valence-corrected chi connectivity index (χ0v) is 9.67. The van der Waals surface area contributed by atoms with Gasteiger partial charge in [0.1, 0.15) is 5.65 Å².